The van der Waals surface area contributed by atoms with Crippen molar-refractivity contribution in [3.63, 3.8) is 0 Å². The van der Waals surface area contributed by atoms with Crippen LogP contribution in [-0.4, -0.2) is 0 Å². The van der Waals surface area contributed by atoms with Crippen molar-refractivity contribution in [3.8, 4) is 5.75 Å². The molecule has 88 valence electrons. The topological polar surface area (TPSA) is 35.2 Å². The molecule has 0 atom stereocenters. The Labute approximate surface area is 110 Å². The Kier molecular flexibility index (Phi) is 3.77. The van der Waals surface area contributed by atoms with Crippen molar-refractivity contribution in [2.45, 2.75) is 6.61 Å². The predicted octanol–water partition coefficient (Wildman–Crippen LogP) is 4.15. The number of nitrogens with two attached hydrogens (primary N) is 1. The standard InChI is InChI=1S/C13H11Cl2NO/c14-10-4-5-13(12(15)7-10)17-8-9-2-1-3-11(16)6-9/h1-7H,8,16H2. The van der Waals surface area contributed by atoms with Gasteiger partial charge in [-0.1, -0.05) is 35.3 Å². The van der Waals surface area contributed by atoms with Crippen LogP contribution in [0.3, 0.4) is 0 Å². The molecule has 2 N–H and O–H groups in total. The highest BCUT2D eigenvalue weighted by atomic mass is 35.5. The minimum Gasteiger partial charge on any atom is -0.487 e. The van der Waals surface area contributed by atoms with Crippen molar-refractivity contribution in [3.05, 3.63) is 58.1 Å². The van der Waals surface area contributed by atoms with Gasteiger partial charge in [-0.15, -0.1) is 0 Å². The second kappa shape index (κ2) is 5.30. The molecule has 17 heavy (non-hydrogen) atoms. The molecule has 2 nitrogen and oxygen atoms in total. The first-order chi connectivity index (χ1) is 8.15. The zero-order chi connectivity index (χ0) is 12.3. The smallest absolute Gasteiger partial charge is 0.138 e. The molecule has 0 unspecified atom stereocenters. The van der Waals surface area contributed by atoms with Crippen molar-refractivity contribution in [2.24, 2.45) is 0 Å². The summed E-state index contributed by atoms with van der Waals surface area (Å²) in [7, 11) is 0. The molecule has 0 spiro atoms. The first-order valence-corrected chi connectivity index (χ1v) is 5.83. The van der Waals surface area contributed by atoms with Crippen LogP contribution in [-0.2, 0) is 6.61 Å². The number of halogens is 2. The molecule has 2 aromatic carbocycles. The van der Waals surface area contributed by atoms with Crippen LogP contribution in [0.4, 0.5) is 5.69 Å². The zero-order valence-electron chi connectivity index (χ0n) is 8.99. The van der Waals surface area contributed by atoms with Crippen LogP contribution >= 0.6 is 23.2 Å². The van der Waals surface area contributed by atoms with Crippen LogP contribution in [0.1, 0.15) is 5.56 Å². The first kappa shape index (κ1) is 12.1. The number of hydrogen-bond acceptors (Lipinski definition) is 2. The molecule has 0 heterocycles. The average Bonchev–Trinajstić information content (AvgIpc) is 2.28. The van der Waals surface area contributed by atoms with E-state index in [-0.39, 0.29) is 0 Å². The summed E-state index contributed by atoms with van der Waals surface area (Å²) in [5, 5.41) is 1.09. The molecule has 0 amide bonds. The molecule has 0 radical (unpaired) electrons. The van der Waals surface area contributed by atoms with Crippen molar-refractivity contribution >= 4 is 28.9 Å². The summed E-state index contributed by atoms with van der Waals surface area (Å²) in [6.07, 6.45) is 0. The van der Waals surface area contributed by atoms with Gasteiger partial charge in [-0.2, -0.15) is 0 Å². The monoisotopic (exact) mass is 267 g/mol. The van der Waals surface area contributed by atoms with Crippen LogP contribution in [0, 0.1) is 0 Å². The van der Waals surface area contributed by atoms with Gasteiger partial charge in [0.15, 0.2) is 0 Å². The van der Waals surface area contributed by atoms with Crippen LogP contribution in [0.2, 0.25) is 10.0 Å². The molecule has 0 fully saturated rings. The van der Waals surface area contributed by atoms with Gasteiger partial charge < -0.3 is 10.5 Å². The summed E-state index contributed by atoms with van der Waals surface area (Å²) < 4.78 is 5.59. The maximum absolute atomic E-state index is 5.99. The molecule has 2 rings (SSSR count). The summed E-state index contributed by atoms with van der Waals surface area (Å²) >= 11 is 11.8. The van der Waals surface area contributed by atoms with E-state index in [1.54, 1.807) is 18.2 Å². The van der Waals surface area contributed by atoms with Crippen molar-refractivity contribution < 1.29 is 4.74 Å². The summed E-state index contributed by atoms with van der Waals surface area (Å²) in [5.74, 6) is 0.610. The van der Waals surface area contributed by atoms with Crippen molar-refractivity contribution in [1.82, 2.24) is 0 Å². The van der Waals surface area contributed by atoms with E-state index in [0.717, 1.165) is 5.56 Å². The lowest BCUT2D eigenvalue weighted by Gasteiger charge is -2.08. The normalized spacial score (nSPS) is 10.2. The second-order valence-electron chi connectivity index (χ2n) is 3.61. The lowest BCUT2D eigenvalue weighted by molar-refractivity contribution is 0.306. The number of ether oxygens (including phenoxy) is 1. The summed E-state index contributed by atoms with van der Waals surface area (Å²) in [6.45, 7) is 0.423. The Morgan fingerprint density at radius 3 is 2.59 bits per heavy atom. The zero-order valence-corrected chi connectivity index (χ0v) is 10.5. The molecule has 0 aliphatic rings. The van der Waals surface area contributed by atoms with Gasteiger partial charge in [0.1, 0.15) is 12.4 Å². The highest BCUT2D eigenvalue weighted by Gasteiger charge is 2.02. The number of hydrogen-bond donors (Lipinski definition) is 1. The highest BCUT2D eigenvalue weighted by molar-refractivity contribution is 6.35. The van der Waals surface area contributed by atoms with Gasteiger partial charge in [0.25, 0.3) is 0 Å². The van der Waals surface area contributed by atoms with E-state index in [0.29, 0.717) is 28.1 Å². The van der Waals surface area contributed by atoms with E-state index < -0.39 is 0 Å². The summed E-state index contributed by atoms with van der Waals surface area (Å²) in [5.41, 5.74) is 7.39. The Bertz CT molecular complexity index is 529. The quantitative estimate of drug-likeness (QED) is 0.848. The molecule has 2 aromatic rings. The second-order valence-corrected chi connectivity index (χ2v) is 4.45. The Morgan fingerprint density at radius 1 is 1.06 bits per heavy atom. The lowest BCUT2D eigenvalue weighted by Crippen LogP contribution is -1.97. The van der Waals surface area contributed by atoms with Crippen LogP contribution in [0.25, 0.3) is 0 Å². The lowest BCUT2D eigenvalue weighted by atomic mass is 10.2. The fourth-order valence-corrected chi connectivity index (χ4v) is 1.90. The SMILES string of the molecule is Nc1cccc(COc2ccc(Cl)cc2Cl)c1. The summed E-state index contributed by atoms with van der Waals surface area (Å²) in [6, 6.07) is 12.7. The average molecular weight is 268 g/mol. The maximum Gasteiger partial charge on any atom is 0.138 e. The van der Waals surface area contributed by atoms with E-state index in [1.165, 1.54) is 0 Å². The molecule has 0 aromatic heterocycles. The van der Waals surface area contributed by atoms with E-state index in [9.17, 15) is 0 Å². The van der Waals surface area contributed by atoms with Gasteiger partial charge in [0.2, 0.25) is 0 Å². The van der Waals surface area contributed by atoms with Gasteiger partial charge in [0.05, 0.1) is 5.02 Å². The van der Waals surface area contributed by atoms with E-state index >= 15 is 0 Å². The van der Waals surface area contributed by atoms with Crippen LogP contribution in [0.5, 0.6) is 5.75 Å². The van der Waals surface area contributed by atoms with Crippen LogP contribution in [0.15, 0.2) is 42.5 Å². The Balaban J connectivity index is 2.07. The van der Waals surface area contributed by atoms with Gasteiger partial charge in [-0.3, -0.25) is 0 Å². The third-order valence-electron chi connectivity index (χ3n) is 2.24. The molecule has 0 saturated heterocycles. The van der Waals surface area contributed by atoms with Crippen molar-refractivity contribution in [1.29, 1.82) is 0 Å². The highest BCUT2D eigenvalue weighted by Crippen LogP contribution is 2.28. The largest absolute Gasteiger partial charge is 0.487 e. The fourth-order valence-electron chi connectivity index (χ4n) is 1.44. The Hall–Kier alpha value is -1.38. The first-order valence-electron chi connectivity index (χ1n) is 5.07. The fraction of sp³-hybridized carbons (Fsp3) is 0.0769. The molecule has 0 aliphatic heterocycles. The number of nitrogen functional groups attached to an aromatic ring is 1. The number of benzene rings is 2. The third-order valence-corrected chi connectivity index (χ3v) is 2.77. The number of anilines is 1. The van der Waals surface area contributed by atoms with Gasteiger partial charge >= 0.3 is 0 Å². The maximum atomic E-state index is 5.99. The molecular formula is C13H11Cl2NO. The van der Waals surface area contributed by atoms with Crippen LogP contribution < -0.4 is 10.5 Å². The van der Waals surface area contributed by atoms with E-state index in [4.69, 9.17) is 33.7 Å². The van der Waals surface area contributed by atoms with E-state index in [2.05, 4.69) is 0 Å². The number of rotatable bonds is 3. The van der Waals surface area contributed by atoms with E-state index in [1.807, 2.05) is 24.3 Å². The Morgan fingerprint density at radius 2 is 1.88 bits per heavy atom. The molecule has 4 heteroatoms. The molecule has 0 bridgehead atoms. The predicted molar refractivity (Wildman–Crippen MR) is 71.6 cm³/mol. The third kappa shape index (κ3) is 3.29. The molecule has 0 saturated carbocycles. The molecular weight excluding hydrogens is 257 g/mol. The van der Waals surface area contributed by atoms with Gasteiger partial charge in [-0.25, -0.2) is 0 Å². The minimum atomic E-state index is 0.423. The molecule has 0 aliphatic carbocycles. The van der Waals surface area contributed by atoms with Crippen molar-refractivity contribution in [2.75, 3.05) is 5.73 Å². The van der Waals surface area contributed by atoms with Gasteiger partial charge in [-0.05, 0) is 35.9 Å². The van der Waals surface area contributed by atoms with Gasteiger partial charge in [0, 0.05) is 10.7 Å². The minimum absolute atomic E-state index is 0.423. The summed E-state index contributed by atoms with van der Waals surface area (Å²) in [4.78, 5) is 0.